The van der Waals surface area contributed by atoms with Crippen molar-refractivity contribution in [1.82, 2.24) is 0 Å². The Kier molecular flexibility index (Phi) is 3.59. The van der Waals surface area contributed by atoms with Gasteiger partial charge in [0.1, 0.15) is 0 Å². The molecule has 0 aromatic heterocycles. The maximum absolute atomic E-state index is 5.49. The zero-order valence-electron chi connectivity index (χ0n) is 9.44. The smallest absolute Gasteiger partial charge is 0.198 e. The van der Waals surface area contributed by atoms with Gasteiger partial charge < -0.3 is 14.3 Å². The number of rotatable bonds is 4. The van der Waals surface area contributed by atoms with Crippen molar-refractivity contribution in [3.05, 3.63) is 0 Å². The minimum Gasteiger partial charge on any atom is -0.386 e. The van der Waals surface area contributed by atoms with E-state index in [9.17, 15) is 0 Å². The van der Waals surface area contributed by atoms with Crippen LogP contribution in [0.15, 0.2) is 5.16 Å². The molecular weight excluding hydrogens is 194 g/mol. The first-order chi connectivity index (χ1) is 7.36. The monoisotopic (exact) mass is 213 g/mol. The summed E-state index contributed by atoms with van der Waals surface area (Å²) in [4.78, 5) is 5.44. The number of hydrogen-bond donors (Lipinski definition) is 0. The molecule has 15 heavy (non-hydrogen) atoms. The molecular formula is C11H19NO3. The Morgan fingerprint density at radius 1 is 1.27 bits per heavy atom. The minimum atomic E-state index is -0.214. The highest BCUT2D eigenvalue weighted by Gasteiger charge is 2.41. The number of ether oxygens (including phenoxy) is 2. The lowest BCUT2D eigenvalue weighted by Gasteiger charge is -2.22. The van der Waals surface area contributed by atoms with E-state index in [0.717, 1.165) is 25.0 Å². The Labute approximate surface area is 90.6 Å². The van der Waals surface area contributed by atoms with Gasteiger partial charge in [-0.05, 0) is 12.8 Å². The van der Waals surface area contributed by atoms with E-state index in [1.165, 1.54) is 0 Å². The molecule has 4 nitrogen and oxygen atoms in total. The predicted molar refractivity (Wildman–Crippen MR) is 56.7 cm³/mol. The van der Waals surface area contributed by atoms with Crippen molar-refractivity contribution in [1.29, 1.82) is 0 Å². The molecule has 2 rings (SSSR count). The van der Waals surface area contributed by atoms with Crippen LogP contribution in [0.25, 0.3) is 0 Å². The van der Waals surface area contributed by atoms with Crippen LogP contribution in [0.3, 0.4) is 0 Å². The van der Waals surface area contributed by atoms with Gasteiger partial charge in [0.15, 0.2) is 12.4 Å². The summed E-state index contributed by atoms with van der Waals surface area (Å²) in [5.74, 6) is 0.378. The zero-order chi connectivity index (χ0) is 10.7. The molecule has 0 N–H and O–H groups in total. The second-order valence-electron chi connectivity index (χ2n) is 4.01. The fraction of sp³-hybridized carbons (Fsp3) is 0.909. The van der Waals surface area contributed by atoms with E-state index < -0.39 is 0 Å². The SMILES string of the molecule is CCCC1C(CC)=NOC1C1OCCO1. The molecule has 2 aliphatic heterocycles. The molecule has 0 aliphatic carbocycles. The highest BCUT2D eigenvalue weighted by atomic mass is 16.8. The summed E-state index contributed by atoms with van der Waals surface area (Å²) in [7, 11) is 0. The largest absolute Gasteiger partial charge is 0.386 e. The van der Waals surface area contributed by atoms with E-state index in [1.54, 1.807) is 0 Å². The van der Waals surface area contributed by atoms with E-state index in [2.05, 4.69) is 19.0 Å². The second kappa shape index (κ2) is 4.94. The molecule has 86 valence electrons. The van der Waals surface area contributed by atoms with Gasteiger partial charge in [-0.15, -0.1) is 0 Å². The molecule has 1 saturated heterocycles. The average Bonchev–Trinajstić information content (AvgIpc) is 2.85. The summed E-state index contributed by atoms with van der Waals surface area (Å²) in [6, 6.07) is 0. The third kappa shape index (κ3) is 2.16. The molecule has 2 heterocycles. The Morgan fingerprint density at radius 3 is 2.60 bits per heavy atom. The van der Waals surface area contributed by atoms with E-state index in [4.69, 9.17) is 14.3 Å². The van der Waals surface area contributed by atoms with Crippen LogP contribution in [-0.4, -0.2) is 31.3 Å². The van der Waals surface area contributed by atoms with Crippen molar-refractivity contribution in [2.75, 3.05) is 13.2 Å². The molecule has 2 atom stereocenters. The lowest BCUT2D eigenvalue weighted by molar-refractivity contribution is -0.145. The Bertz CT molecular complexity index is 236. The van der Waals surface area contributed by atoms with Gasteiger partial charge in [-0.3, -0.25) is 0 Å². The van der Waals surface area contributed by atoms with E-state index in [1.807, 2.05) is 0 Å². The molecule has 2 unspecified atom stereocenters. The highest BCUT2D eigenvalue weighted by Crippen LogP contribution is 2.30. The number of oxime groups is 1. The van der Waals surface area contributed by atoms with Gasteiger partial charge in [0, 0.05) is 5.92 Å². The fourth-order valence-corrected chi connectivity index (χ4v) is 2.23. The van der Waals surface area contributed by atoms with Crippen LogP contribution in [0.2, 0.25) is 0 Å². The first kappa shape index (κ1) is 10.9. The first-order valence-electron chi connectivity index (χ1n) is 5.82. The quantitative estimate of drug-likeness (QED) is 0.716. The molecule has 0 aromatic carbocycles. The van der Waals surface area contributed by atoms with E-state index >= 15 is 0 Å². The number of hydrogen-bond acceptors (Lipinski definition) is 4. The maximum atomic E-state index is 5.49. The third-order valence-electron chi connectivity index (χ3n) is 2.99. The summed E-state index contributed by atoms with van der Waals surface area (Å²) >= 11 is 0. The van der Waals surface area contributed by atoms with Crippen molar-refractivity contribution in [2.45, 2.75) is 45.5 Å². The van der Waals surface area contributed by atoms with Crippen LogP contribution < -0.4 is 0 Å². The minimum absolute atomic E-state index is 0.0256. The van der Waals surface area contributed by atoms with Crippen LogP contribution >= 0.6 is 0 Å². The summed E-state index contributed by atoms with van der Waals surface area (Å²) in [6.07, 6.45) is 2.95. The molecule has 4 heteroatoms. The molecule has 0 aromatic rings. The maximum Gasteiger partial charge on any atom is 0.198 e. The third-order valence-corrected chi connectivity index (χ3v) is 2.99. The first-order valence-corrected chi connectivity index (χ1v) is 5.82. The van der Waals surface area contributed by atoms with Crippen molar-refractivity contribution < 1.29 is 14.3 Å². The summed E-state index contributed by atoms with van der Waals surface area (Å²) in [5.41, 5.74) is 1.15. The number of nitrogens with zero attached hydrogens (tertiary/aromatic N) is 1. The van der Waals surface area contributed by atoms with Gasteiger partial charge in [-0.2, -0.15) is 0 Å². The standard InChI is InChI=1S/C11H19NO3/c1-3-5-8-9(4-2)12-15-10(8)11-13-6-7-14-11/h8,10-11H,3-7H2,1-2H3. The topological polar surface area (TPSA) is 40.0 Å². The Hall–Kier alpha value is -0.610. The van der Waals surface area contributed by atoms with Gasteiger partial charge in [-0.25, -0.2) is 0 Å². The van der Waals surface area contributed by atoms with Crippen LogP contribution in [-0.2, 0) is 14.3 Å². The molecule has 0 radical (unpaired) electrons. The van der Waals surface area contributed by atoms with Crippen molar-refractivity contribution in [3.63, 3.8) is 0 Å². The Balaban J connectivity index is 2.00. The van der Waals surface area contributed by atoms with E-state index in [0.29, 0.717) is 19.1 Å². The van der Waals surface area contributed by atoms with Crippen LogP contribution in [0.5, 0.6) is 0 Å². The summed E-state index contributed by atoms with van der Waals surface area (Å²) < 4.78 is 11.0. The summed E-state index contributed by atoms with van der Waals surface area (Å²) in [6.45, 7) is 5.64. The fourth-order valence-electron chi connectivity index (χ4n) is 2.23. The van der Waals surface area contributed by atoms with Crippen LogP contribution in [0.4, 0.5) is 0 Å². The van der Waals surface area contributed by atoms with Crippen LogP contribution in [0.1, 0.15) is 33.1 Å². The van der Waals surface area contributed by atoms with Gasteiger partial charge in [-0.1, -0.05) is 25.4 Å². The second-order valence-corrected chi connectivity index (χ2v) is 4.01. The highest BCUT2D eigenvalue weighted by molar-refractivity contribution is 5.87. The molecule has 0 spiro atoms. The van der Waals surface area contributed by atoms with Crippen molar-refractivity contribution >= 4 is 5.71 Å². The molecule has 0 bridgehead atoms. The molecule has 1 fully saturated rings. The van der Waals surface area contributed by atoms with E-state index in [-0.39, 0.29) is 12.4 Å². The van der Waals surface area contributed by atoms with Crippen molar-refractivity contribution in [3.8, 4) is 0 Å². The van der Waals surface area contributed by atoms with Crippen molar-refractivity contribution in [2.24, 2.45) is 11.1 Å². The predicted octanol–water partition coefficient (Wildman–Crippen LogP) is 1.94. The lowest BCUT2D eigenvalue weighted by atomic mass is 9.91. The van der Waals surface area contributed by atoms with Gasteiger partial charge >= 0.3 is 0 Å². The molecule has 0 saturated carbocycles. The zero-order valence-corrected chi connectivity index (χ0v) is 9.44. The van der Waals surface area contributed by atoms with Crippen LogP contribution in [0, 0.1) is 5.92 Å². The average molecular weight is 213 g/mol. The van der Waals surface area contributed by atoms with Gasteiger partial charge in [0.2, 0.25) is 0 Å². The molecule has 2 aliphatic rings. The van der Waals surface area contributed by atoms with Gasteiger partial charge in [0.25, 0.3) is 0 Å². The molecule has 0 amide bonds. The van der Waals surface area contributed by atoms with Gasteiger partial charge in [0.05, 0.1) is 18.9 Å². The summed E-state index contributed by atoms with van der Waals surface area (Å²) in [5, 5.41) is 4.14. The lowest BCUT2D eigenvalue weighted by Crippen LogP contribution is -2.35. The normalized spacial score (nSPS) is 31.7. The Morgan fingerprint density at radius 2 is 2.00 bits per heavy atom.